The molecule has 0 spiro atoms. The monoisotopic (exact) mass is 465 g/mol. The van der Waals surface area contributed by atoms with Crippen molar-refractivity contribution in [1.29, 1.82) is 0 Å². The van der Waals surface area contributed by atoms with Gasteiger partial charge in [-0.15, -0.1) is 0 Å². The van der Waals surface area contributed by atoms with Gasteiger partial charge in [-0.2, -0.15) is 0 Å². The number of anilines is 1. The third kappa shape index (κ3) is 2.68. The molecular weight excluding hydrogens is 461 g/mol. The van der Waals surface area contributed by atoms with E-state index in [1.54, 1.807) is 6.07 Å². The Balaban J connectivity index is 1.91. The van der Waals surface area contributed by atoms with Crippen LogP contribution in [0.5, 0.6) is 0 Å². The molecule has 8 heteroatoms. The van der Waals surface area contributed by atoms with E-state index in [-0.39, 0.29) is 20.5 Å². The Morgan fingerprint density at radius 1 is 1.32 bits per heavy atom. The van der Waals surface area contributed by atoms with Crippen molar-refractivity contribution in [2.24, 2.45) is 7.92 Å². The van der Waals surface area contributed by atoms with Gasteiger partial charge in [-0.05, 0) is 0 Å². The molecule has 19 heavy (non-hydrogen) atoms. The Morgan fingerprint density at radius 2 is 2.16 bits per heavy atom. The fourth-order valence-corrected chi connectivity index (χ4v) is 5.54. The van der Waals surface area contributed by atoms with E-state index in [1.807, 2.05) is 18.2 Å². The number of carbonyl (C=O) groups excluding carboxylic acids is 1. The first-order valence-electron chi connectivity index (χ1n) is 5.12. The van der Waals surface area contributed by atoms with Gasteiger partial charge in [0, 0.05) is 0 Å². The summed E-state index contributed by atoms with van der Waals surface area (Å²) in [6, 6.07) is 7.40. The van der Waals surface area contributed by atoms with Gasteiger partial charge in [-0.1, -0.05) is 0 Å². The molecule has 0 saturated heterocycles. The van der Waals surface area contributed by atoms with Crippen molar-refractivity contribution < 1.29 is 4.79 Å². The topological polar surface area (TPSA) is 53.8 Å². The molecule has 0 radical (unpaired) electrons. The maximum atomic E-state index is 12.2. The molecule has 1 aromatic carbocycles. The van der Waals surface area contributed by atoms with Gasteiger partial charge >= 0.3 is 136 Å². The molecule has 3 rings (SSSR count). The van der Waals surface area contributed by atoms with Crippen LogP contribution in [-0.2, 0) is 0 Å². The summed E-state index contributed by atoms with van der Waals surface area (Å²) in [4.78, 5) is 12.2. The number of carbonyl (C=O) groups is 1. The van der Waals surface area contributed by atoms with E-state index in [0.29, 0.717) is 11.3 Å². The van der Waals surface area contributed by atoms with Crippen molar-refractivity contribution in [2.75, 3.05) is 5.32 Å². The Labute approximate surface area is 135 Å². The van der Waals surface area contributed by atoms with E-state index in [0.717, 1.165) is 18.9 Å². The van der Waals surface area contributed by atoms with Crippen LogP contribution in [0.25, 0.3) is 0 Å². The van der Waals surface area contributed by atoms with Crippen molar-refractivity contribution in [3.05, 3.63) is 37.4 Å². The summed E-state index contributed by atoms with van der Waals surface area (Å²) >= 11 is 8.11. The Morgan fingerprint density at radius 3 is 2.89 bits per heavy atom. The van der Waals surface area contributed by atoms with Crippen LogP contribution >= 0.6 is 43.2 Å². The molecule has 1 aliphatic heterocycles. The third-order valence-electron chi connectivity index (χ3n) is 2.44. The number of fused-ring (bicyclic) bond motifs is 1. The number of rotatable bonds is 2. The summed E-state index contributed by atoms with van der Waals surface area (Å²) in [5.74, 6) is -0.156. The van der Waals surface area contributed by atoms with Gasteiger partial charge in [0.2, 0.25) is 0 Å². The van der Waals surface area contributed by atoms with Crippen molar-refractivity contribution in [3.8, 4) is 0 Å². The molecule has 0 atom stereocenters. The second kappa shape index (κ2) is 5.46. The van der Waals surface area contributed by atoms with E-state index in [1.165, 1.54) is 11.3 Å². The molecule has 2 heterocycles. The van der Waals surface area contributed by atoms with Gasteiger partial charge in [-0.25, -0.2) is 0 Å². The molecule has 96 valence electrons. The minimum absolute atomic E-state index is 0.102. The fourth-order valence-electron chi connectivity index (χ4n) is 1.59. The molecular formula is C11H5Br2N3OSSe. The number of halogens is 2. The van der Waals surface area contributed by atoms with E-state index >= 15 is 0 Å². The average Bonchev–Trinajstić information content (AvgIpc) is 2.96. The predicted molar refractivity (Wildman–Crippen MR) is 84.0 cm³/mol. The van der Waals surface area contributed by atoms with E-state index in [2.05, 4.69) is 45.1 Å². The molecule has 1 N–H and O–H groups in total. The molecule has 0 fully saturated rings. The number of hydrogen-bond donors (Lipinski definition) is 1. The Hall–Kier alpha value is -0.531. The van der Waals surface area contributed by atoms with Crippen molar-refractivity contribution in [3.63, 3.8) is 0 Å². The first kappa shape index (κ1) is 13.5. The number of amides is 1. The number of benzene rings is 1. The molecule has 0 unspecified atom stereocenters. The first-order valence-corrected chi connectivity index (χ1v) is 9.06. The number of nitrogens with one attached hydrogen (secondary N) is 1. The van der Waals surface area contributed by atoms with Gasteiger partial charge in [0.05, 0.1) is 0 Å². The predicted octanol–water partition coefficient (Wildman–Crippen LogP) is 4.87. The van der Waals surface area contributed by atoms with Gasteiger partial charge in [0.15, 0.2) is 0 Å². The summed E-state index contributed by atoms with van der Waals surface area (Å²) in [6.07, 6.45) is 0. The van der Waals surface area contributed by atoms with Crippen molar-refractivity contribution >= 4 is 80.7 Å². The first-order chi connectivity index (χ1) is 9.15. The fraction of sp³-hybridized carbons (Fsp3) is 0. The van der Waals surface area contributed by atoms with Crippen LogP contribution in [0.4, 0.5) is 17.1 Å². The van der Waals surface area contributed by atoms with Crippen molar-refractivity contribution in [2.45, 2.75) is 0 Å². The summed E-state index contributed by atoms with van der Waals surface area (Å²) in [7, 11) is 0. The molecule has 0 aliphatic carbocycles. The zero-order chi connectivity index (χ0) is 13.4. The van der Waals surface area contributed by atoms with E-state index < -0.39 is 0 Å². The second-order valence-corrected chi connectivity index (χ2v) is 8.49. The zero-order valence-electron chi connectivity index (χ0n) is 9.18. The average molecular weight is 466 g/mol. The maximum absolute atomic E-state index is 12.2. The molecule has 1 aliphatic rings. The van der Waals surface area contributed by atoms with Gasteiger partial charge in [0.25, 0.3) is 0 Å². The summed E-state index contributed by atoms with van der Waals surface area (Å²) in [6.45, 7) is 0. The molecule has 0 saturated carbocycles. The van der Waals surface area contributed by atoms with Crippen LogP contribution < -0.4 is 5.32 Å². The summed E-state index contributed by atoms with van der Waals surface area (Å²) in [5, 5.41) is 2.89. The number of nitrogens with zero attached hydrogens (tertiary/aromatic N) is 2. The molecule has 4 nitrogen and oxygen atoms in total. The van der Waals surface area contributed by atoms with Crippen LogP contribution in [0.15, 0.2) is 39.8 Å². The van der Waals surface area contributed by atoms with Crippen LogP contribution in [0, 0.1) is 0 Å². The third-order valence-corrected chi connectivity index (χ3v) is 5.91. The van der Waals surface area contributed by atoms with Crippen LogP contribution in [0.3, 0.4) is 0 Å². The molecule has 0 bridgehead atoms. The quantitative estimate of drug-likeness (QED) is 0.539. The number of thiophene rings is 1. The van der Waals surface area contributed by atoms with Gasteiger partial charge in [0.1, 0.15) is 0 Å². The normalized spacial score (nSPS) is 12.1. The molecule has 1 aromatic heterocycles. The van der Waals surface area contributed by atoms with Crippen molar-refractivity contribution in [1.82, 2.24) is 0 Å². The summed E-state index contributed by atoms with van der Waals surface area (Å²) < 4.78 is 10.3. The van der Waals surface area contributed by atoms with Gasteiger partial charge in [-0.3, -0.25) is 0 Å². The standard InChI is InChI=1S/C11H5Br2N3OSSe/c12-8-4-5(10(13)18-8)11(17)14-6-2-1-3-7-9(6)16-19-15-7/h1-4H,(H,14,17). The van der Waals surface area contributed by atoms with E-state index in [4.69, 9.17) is 0 Å². The molecule has 1 amide bonds. The molecule has 2 aromatic rings. The van der Waals surface area contributed by atoms with Gasteiger partial charge < -0.3 is 0 Å². The second-order valence-electron chi connectivity index (χ2n) is 3.63. The SMILES string of the molecule is O=C(Nc1cccc2c1N=[Se]=N2)c1cc(Br)sc1Br. The van der Waals surface area contributed by atoms with Crippen LogP contribution in [0.1, 0.15) is 10.4 Å². The zero-order valence-corrected chi connectivity index (χ0v) is 14.9. The number of hydrogen-bond acceptors (Lipinski definition) is 4. The minimum atomic E-state index is -0.156. The van der Waals surface area contributed by atoms with E-state index in [9.17, 15) is 4.79 Å². The Kier molecular flexibility index (Phi) is 3.86. The van der Waals surface area contributed by atoms with Crippen LogP contribution in [-0.4, -0.2) is 20.5 Å². The Bertz CT molecular complexity index is 752. The van der Waals surface area contributed by atoms with Crippen LogP contribution in [0.2, 0.25) is 0 Å². The summed E-state index contributed by atoms with van der Waals surface area (Å²) in [5.41, 5.74) is 2.94.